The smallest absolute Gasteiger partial charge is 0.242 e. The SMILES string of the molecule is CC(C)C[C@H](N)C(=O)Nc1ccc(Cl)nn1. The van der Waals surface area contributed by atoms with Crippen LogP contribution in [0.3, 0.4) is 0 Å². The van der Waals surface area contributed by atoms with E-state index in [1.54, 1.807) is 12.1 Å². The summed E-state index contributed by atoms with van der Waals surface area (Å²) in [6, 6.07) is 2.60. The minimum absolute atomic E-state index is 0.259. The van der Waals surface area contributed by atoms with Crippen LogP contribution in [0, 0.1) is 5.92 Å². The van der Waals surface area contributed by atoms with Gasteiger partial charge in [-0.3, -0.25) is 4.79 Å². The number of amides is 1. The van der Waals surface area contributed by atoms with Crippen LogP contribution in [-0.2, 0) is 4.79 Å². The van der Waals surface area contributed by atoms with Gasteiger partial charge in [0.1, 0.15) is 0 Å². The molecule has 0 saturated carbocycles. The molecular formula is C10H15ClN4O. The molecule has 0 aliphatic rings. The van der Waals surface area contributed by atoms with Crippen LogP contribution in [0.15, 0.2) is 12.1 Å². The van der Waals surface area contributed by atoms with Gasteiger partial charge in [0.15, 0.2) is 11.0 Å². The van der Waals surface area contributed by atoms with Crippen LogP contribution in [0.5, 0.6) is 0 Å². The van der Waals surface area contributed by atoms with Crippen molar-refractivity contribution in [3.05, 3.63) is 17.3 Å². The number of hydrogen-bond donors (Lipinski definition) is 2. The van der Waals surface area contributed by atoms with Crippen LogP contribution in [0.25, 0.3) is 0 Å². The number of nitrogens with one attached hydrogen (secondary N) is 1. The highest BCUT2D eigenvalue weighted by molar-refractivity contribution is 6.29. The third kappa shape index (κ3) is 4.12. The van der Waals surface area contributed by atoms with Crippen molar-refractivity contribution < 1.29 is 4.79 Å². The Morgan fingerprint density at radius 2 is 2.19 bits per heavy atom. The first-order valence-electron chi connectivity index (χ1n) is 5.04. The van der Waals surface area contributed by atoms with E-state index in [0.717, 1.165) is 0 Å². The minimum Gasteiger partial charge on any atom is -0.320 e. The van der Waals surface area contributed by atoms with Gasteiger partial charge < -0.3 is 11.1 Å². The molecule has 6 heteroatoms. The fraction of sp³-hybridized carbons (Fsp3) is 0.500. The molecule has 1 heterocycles. The Morgan fingerprint density at radius 3 is 2.69 bits per heavy atom. The molecule has 0 aromatic carbocycles. The van der Waals surface area contributed by atoms with E-state index in [1.807, 2.05) is 13.8 Å². The van der Waals surface area contributed by atoms with Crippen molar-refractivity contribution >= 4 is 23.3 Å². The van der Waals surface area contributed by atoms with E-state index in [4.69, 9.17) is 17.3 Å². The number of nitrogens with two attached hydrogens (primary N) is 1. The first-order valence-corrected chi connectivity index (χ1v) is 5.42. The predicted molar refractivity (Wildman–Crippen MR) is 63.1 cm³/mol. The van der Waals surface area contributed by atoms with Crippen molar-refractivity contribution in [2.75, 3.05) is 5.32 Å². The van der Waals surface area contributed by atoms with Crippen molar-refractivity contribution in [3.63, 3.8) is 0 Å². The highest BCUT2D eigenvalue weighted by Crippen LogP contribution is 2.08. The van der Waals surface area contributed by atoms with Crippen LogP contribution < -0.4 is 11.1 Å². The molecule has 0 bridgehead atoms. The molecule has 3 N–H and O–H groups in total. The number of rotatable bonds is 4. The molecule has 5 nitrogen and oxygen atoms in total. The molecule has 88 valence electrons. The van der Waals surface area contributed by atoms with Gasteiger partial charge in [-0.1, -0.05) is 25.4 Å². The zero-order chi connectivity index (χ0) is 12.1. The molecule has 0 aliphatic carbocycles. The van der Waals surface area contributed by atoms with E-state index >= 15 is 0 Å². The third-order valence-electron chi connectivity index (χ3n) is 1.95. The predicted octanol–water partition coefficient (Wildman–Crippen LogP) is 1.44. The molecule has 1 atom stereocenters. The van der Waals surface area contributed by atoms with Gasteiger partial charge in [0.2, 0.25) is 5.91 Å². The molecule has 1 rings (SSSR count). The summed E-state index contributed by atoms with van der Waals surface area (Å²) < 4.78 is 0. The summed E-state index contributed by atoms with van der Waals surface area (Å²) in [4.78, 5) is 11.6. The molecule has 0 aliphatic heterocycles. The van der Waals surface area contributed by atoms with Crippen molar-refractivity contribution in [1.82, 2.24) is 10.2 Å². The zero-order valence-electron chi connectivity index (χ0n) is 9.27. The van der Waals surface area contributed by atoms with Crippen LogP contribution in [-0.4, -0.2) is 22.1 Å². The summed E-state index contributed by atoms with van der Waals surface area (Å²) in [6.45, 7) is 4.02. The Labute approximate surface area is 99.4 Å². The maximum Gasteiger partial charge on any atom is 0.242 e. The highest BCUT2D eigenvalue weighted by atomic mass is 35.5. The van der Waals surface area contributed by atoms with Crippen molar-refractivity contribution in [3.8, 4) is 0 Å². The number of nitrogens with zero attached hydrogens (tertiary/aromatic N) is 2. The molecule has 0 spiro atoms. The quantitative estimate of drug-likeness (QED) is 0.837. The molecule has 0 fully saturated rings. The van der Waals surface area contributed by atoms with Crippen LogP contribution >= 0.6 is 11.6 Å². The summed E-state index contributed by atoms with van der Waals surface area (Å²) in [6.07, 6.45) is 0.632. The van der Waals surface area contributed by atoms with Gasteiger partial charge in [-0.05, 0) is 24.5 Å². The molecule has 1 aromatic heterocycles. The lowest BCUT2D eigenvalue weighted by molar-refractivity contribution is -0.117. The summed E-state index contributed by atoms with van der Waals surface area (Å²) >= 11 is 5.57. The average Bonchev–Trinajstić information content (AvgIpc) is 2.20. The fourth-order valence-electron chi connectivity index (χ4n) is 1.22. The Kier molecular flexibility index (Phi) is 4.64. The van der Waals surface area contributed by atoms with Gasteiger partial charge in [0.25, 0.3) is 0 Å². The van der Waals surface area contributed by atoms with Gasteiger partial charge in [-0.25, -0.2) is 0 Å². The molecular weight excluding hydrogens is 228 g/mol. The van der Waals surface area contributed by atoms with Crippen molar-refractivity contribution in [2.24, 2.45) is 11.7 Å². The Balaban J connectivity index is 2.54. The number of anilines is 1. The lowest BCUT2D eigenvalue weighted by Gasteiger charge is -2.13. The molecule has 1 aromatic rings. The summed E-state index contributed by atoms with van der Waals surface area (Å²) in [5.74, 6) is 0.469. The van der Waals surface area contributed by atoms with E-state index in [-0.39, 0.29) is 11.1 Å². The topological polar surface area (TPSA) is 80.9 Å². The van der Waals surface area contributed by atoms with Crippen LogP contribution in [0.2, 0.25) is 5.15 Å². The van der Waals surface area contributed by atoms with Crippen molar-refractivity contribution in [1.29, 1.82) is 0 Å². The molecule has 16 heavy (non-hydrogen) atoms. The molecule has 0 unspecified atom stereocenters. The van der Waals surface area contributed by atoms with E-state index < -0.39 is 6.04 Å². The number of carbonyl (C=O) groups excluding carboxylic acids is 1. The average molecular weight is 243 g/mol. The minimum atomic E-state index is -0.530. The normalized spacial score (nSPS) is 12.6. The second-order valence-electron chi connectivity index (χ2n) is 3.97. The summed E-state index contributed by atoms with van der Waals surface area (Å²) in [7, 11) is 0. The van der Waals surface area contributed by atoms with E-state index in [9.17, 15) is 4.79 Å². The van der Waals surface area contributed by atoms with Gasteiger partial charge in [0.05, 0.1) is 6.04 Å². The first-order chi connectivity index (χ1) is 7.49. The lowest BCUT2D eigenvalue weighted by Crippen LogP contribution is -2.36. The first kappa shape index (κ1) is 12.9. The van der Waals surface area contributed by atoms with Crippen LogP contribution in [0.1, 0.15) is 20.3 Å². The summed E-state index contributed by atoms with van der Waals surface area (Å²) in [5.41, 5.74) is 5.71. The fourth-order valence-corrected chi connectivity index (χ4v) is 1.32. The third-order valence-corrected chi connectivity index (χ3v) is 2.15. The molecule has 0 radical (unpaired) electrons. The number of carbonyl (C=O) groups is 1. The molecule has 0 saturated heterocycles. The maximum atomic E-state index is 11.6. The summed E-state index contributed by atoms with van der Waals surface area (Å²) in [5, 5.41) is 10.2. The van der Waals surface area contributed by atoms with E-state index in [0.29, 0.717) is 18.2 Å². The van der Waals surface area contributed by atoms with Gasteiger partial charge in [0, 0.05) is 0 Å². The number of hydrogen-bond acceptors (Lipinski definition) is 4. The van der Waals surface area contributed by atoms with Gasteiger partial charge in [-0.15, -0.1) is 10.2 Å². The Bertz CT molecular complexity index is 352. The van der Waals surface area contributed by atoms with Gasteiger partial charge >= 0.3 is 0 Å². The number of aromatic nitrogens is 2. The largest absolute Gasteiger partial charge is 0.320 e. The highest BCUT2D eigenvalue weighted by Gasteiger charge is 2.15. The zero-order valence-corrected chi connectivity index (χ0v) is 10.0. The second kappa shape index (κ2) is 5.77. The Morgan fingerprint density at radius 1 is 1.50 bits per heavy atom. The molecule has 1 amide bonds. The van der Waals surface area contributed by atoms with Crippen LogP contribution in [0.4, 0.5) is 5.82 Å². The van der Waals surface area contributed by atoms with E-state index in [1.165, 1.54) is 0 Å². The maximum absolute atomic E-state index is 11.6. The monoisotopic (exact) mass is 242 g/mol. The van der Waals surface area contributed by atoms with Gasteiger partial charge in [-0.2, -0.15) is 0 Å². The van der Waals surface area contributed by atoms with Crippen molar-refractivity contribution in [2.45, 2.75) is 26.3 Å². The lowest BCUT2D eigenvalue weighted by atomic mass is 10.0. The second-order valence-corrected chi connectivity index (χ2v) is 4.35. The number of halogens is 1. The Hall–Kier alpha value is -1.20. The van der Waals surface area contributed by atoms with E-state index in [2.05, 4.69) is 15.5 Å². The standard InChI is InChI=1S/C10H15ClN4O/c1-6(2)5-7(12)10(16)13-9-4-3-8(11)14-15-9/h3-4,6-7H,5,12H2,1-2H3,(H,13,15,16)/t7-/m0/s1.